The van der Waals surface area contributed by atoms with E-state index in [1.54, 1.807) is 13.0 Å². The Kier molecular flexibility index (Phi) is 4.22. The van der Waals surface area contributed by atoms with Gasteiger partial charge in [-0.25, -0.2) is 25.9 Å². The van der Waals surface area contributed by atoms with Crippen LogP contribution >= 0.6 is 15.9 Å². The summed E-state index contributed by atoms with van der Waals surface area (Å²) in [5.74, 6) is 9.83. The van der Waals surface area contributed by atoms with Crippen molar-refractivity contribution in [2.75, 3.05) is 5.01 Å². The van der Waals surface area contributed by atoms with Crippen LogP contribution in [0.2, 0.25) is 0 Å². The molecule has 0 aliphatic rings. The zero-order valence-electron chi connectivity index (χ0n) is 8.63. The van der Waals surface area contributed by atoms with Crippen molar-refractivity contribution in [2.45, 2.75) is 12.3 Å². The van der Waals surface area contributed by atoms with Gasteiger partial charge in [0, 0.05) is 5.33 Å². The Hall–Kier alpha value is -1.18. The van der Waals surface area contributed by atoms with Crippen molar-refractivity contribution in [3.63, 3.8) is 0 Å². The van der Waals surface area contributed by atoms with Crippen LogP contribution in [0.1, 0.15) is 11.1 Å². The van der Waals surface area contributed by atoms with Gasteiger partial charge in [-0.2, -0.15) is 0 Å². The van der Waals surface area contributed by atoms with E-state index in [1.165, 1.54) is 6.07 Å². The minimum absolute atomic E-state index is 0.0137. The number of carbonyl (C=O) groups excluding carboxylic acids is 1. The van der Waals surface area contributed by atoms with Crippen molar-refractivity contribution in [1.29, 1.82) is 0 Å². The third-order valence-electron chi connectivity index (χ3n) is 2.18. The highest BCUT2D eigenvalue weighted by Crippen LogP contribution is 2.27. The maximum atomic E-state index is 13.6. The largest absolute Gasteiger partial charge is 0.350 e. The normalized spacial score (nSPS) is 10.1. The molecule has 7 heteroatoms. The lowest BCUT2D eigenvalue weighted by Gasteiger charge is -2.20. The topological polar surface area (TPSA) is 84.4 Å². The summed E-state index contributed by atoms with van der Waals surface area (Å²) in [4.78, 5) is 11.2. The van der Waals surface area contributed by atoms with Crippen molar-refractivity contribution in [2.24, 2.45) is 11.7 Å². The molecule has 0 fully saturated rings. The number of alkyl halides is 1. The first kappa shape index (κ1) is 12.9. The molecule has 0 saturated carbocycles. The average Bonchev–Trinajstić information content (AvgIpc) is 2.29. The van der Waals surface area contributed by atoms with E-state index in [4.69, 9.17) is 11.7 Å². The highest BCUT2D eigenvalue weighted by atomic mass is 79.9. The van der Waals surface area contributed by atoms with Gasteiger partial charge in [0.25, 0.3) is 0 Å². The third-order valence-corrected chi connectivity index (χ3v) is 2.75. The lowest BCUT2D eigenvalue weighted by molar-refractivity contribution is 0.246. The van der Waals surface area contributed by atoms with Gasteiger partial charge in [0.05, 0.1) is 0 Å². The Morgan fingerprint density at radius 3 is 2.75 bits per heavy atom. The molecule has 0 bridgehead atoms. The lowest BCUT2D eigenvalue weighted by Crippen LogP contribution is -2.48. The lowest BCUT2D eigenvalue weighted by atomic mass is 10.1. The van der Waals surface area contributed by atoms with Crippen LogP contribution in [0.5, 0.6) is 0 Å². The predicted octanol–water partition coefficient (Wildman–Crippen LogP) is 1.29. The highest BCUT2D eigenvalue weighted by Gasteiger charge is 2.19. The fourth-order valence-electron chi connectivity index (χ4n) is 1.31. The number of nitrogens with one attached hydrogen (secondary N) is 1. The second kappa shape index (κ2) is 5.24. The quantitative estimate of drug-likeness (QED) is 0.332. The van der Waals surface area contributed by atoms with Gasteiger partial charge in [-0.05, 0) is 24.1 Å². The fourth-order valence-corrected chi connectivity index (χ4v) is 2.02. The molecule has 5 nitrogen and oxygen atoms in total. The second-order valence-corrected chi connectivity index (χ2v) is 3.71. The highest BCUT2D eigenvalue weighted by molar-refractivity contribution is 9.08. The van der Waals surface area contributed by atoms with Crippen molar-refractivity contribution >= 4 is 27.6 Å². The molecule has 0 aliphatic heterocycles. The molecule has 16 heavy (non-hydrogen) atoms. The first-order valence-corrected chi connectivity index (χ1v) is 5.54. The summed E-state index contributed by atoms with van der Waals surface area (Å²) in [6, 6.07) is 2.08. The average molecular weight is 291 g/mol. The summed E-state index contributed by atoms with van der Waals surface area (Å²) in [6.07, 6.45) is 0. The third kappa shape index (κ3) is 2.31. The monoisotopic (exact) mass is 290 g/mol. The number of nitrogens with zero attached hydrogens (tertiary/aromatic N) is 1. The minimum atomic E-state index is -0.785. The number of hydrogen-bond donors (Lipinski definition) is 3. The molecule has 5 N–H and O–H groups in total. The number of hydrogen-bond acceptors (Lipinski definition) is 3. The van der Waals surface area contributed by atoms with Crippen LogP contribution in [0.25, 0.3) is 0 Å². The van der Waals surface area contributed by atoms with Crippen molar-refractivity contribution < 1.29 is 9.18 Å². The number of amides is 2. The Bertz CT molecular complexity index is 413. The molecule has 0 aromatic heterocycles. The van der Waals surface area contributed by atoms with Crippen LogP contribution in [-0.4, -0.2) is 6.03 Å². The van der Waals surface area contributed by atoms with E-state index in [-0.39, 0.29) is 5.69 Å². The molecular formula is C9H12BrFN4O. The van der Waals surface area contributed by atoms with Crippen molar-refractivity contribution in [3.8, 4) is 0 Å². The number of anilines is 1. The molecular weight excluding hydrogens is 279 g/mol. The number of benzene rings is 1. The van der Waals surface area contributed by atoms with E-state index >= 15 is 0 Å². The number of aryl methyl sites for hydroxylation is 1. The van der Waals surface area contributed by atoms with E-state index in [2.05, 4.69) is 15.9 Å². The molecule has 0 heterocycles. The molecule has 0 unspecified atom stereocenters. The molecule has 0 atom stereocenters. The summed E-state index contributed by atoms with van der Waals surface area (Å²) in [5, 5.41) is 1.04. The number of urea groups is 1. The Labute approximate surface area is 101 Å². The maximum Gasteiger partial charge on any atom is 0.350 e. The SMILES string of the molecule is Cc1ccc(F)c(N(N)C(=O)NN)c1CBr. The number of rotatable bonds is 2. The fraction of sp³-hybridized carbons (Fsp3) is 0.222. The molecule has 1 aromatic rings. The van der Waals surface area contributed by atoms with Gasteiger partial charge in [-0.1, -0.05) is 22.0 Å². The summed E-state index contributed by atoms with van der Waals surface area (Å²) in [6.45, 7) is 1.80. The van der Waals surface area contributed by atoms with Gasteiger partial charge in [0.2, 0.25) is 0 Å². The zero-order chi connectivity index (χ0) is 12.3. The minimum Gasteiger partial charge on any atom is -0.274 e. The molecule has 2 amide bonds. The molecule has 0 aliphatic carbocycles. The maximum absolute atomic E-state index is 13.6. The van der Waals surface area contributed by atoms with Gasteiger partial charge in [0.15, 0.2) is 0 Å². The van der Waals surface area contributed by atoms with Crippen molar-refractivity contribution in [1.82, 2.24) is 5.43 Å². The first-order valence-electron chi connectivity index (χ1n) is 4.42. The number of hydrazine groups is 2. The van der Waals surface area contributed by atoms with E-state index in [9.17, 15) is 9.18 Å². The van der Waals surface area contributed by atoms with Crippen LogP contribution in [-0.2, 0) is 5.33 Å². The predicted molar refractivity (Wildman–Crippen MR) is 63.2 cm³/mol. The Morgan fingerprint density at radius 1 is 1.62 bits per heavy atom. The first-order chi connectivity index (χ1) is 7.52. The number of nitrogens with two attached hydrogens (primary N) is 2. The number of carbonyl (C=O) groups is 1. The zero-order valence-corrected chi connectivity index (χ0v) is 10.2. The van der Waals surface area contributed by atoms with E-state index in [0.29, 0.717) is 15.9 Å². The van der Waals surface area contributed by atoms with E-state index < -0.39 is 11.8 Å². The van der Waals surface area contributed by atoms with Gasteiger partial charge >= 0.3 is 6.03 Å². The molecule has 0 saturated heterocycles. The summed E-state index contributed by atoms with van der Waals surface area (Å²) < 4.78 is 13.6. The summed E-state index contributed by atoms with van der Waals surface area (Å²) in [5.41, 5.74) is 3.29. The molecule has 1 aromatic carbocycles. The van der Waals surface area contributed by atoms with E-state index in [0.717, 1.165) is 5.56 Å². The van der Waals surface area contributed by atoms with Crippen LogP contribution in [0.3, 0.4) is 0 Å². The Balaban J connectivity index is 3.30. The molecule has 88 valence electrons. The summed E-state index contributed by atoms with van der Waals surface area (Å²) >= 11 is 3.22. The standard InChI is InChI=1S/C9H12BrFN4O/c1-5-2-3-7(11)8(6(5)4-10)15(13)9(16)14-12/h2-3H,4,12-13H2,1H3,(H,14,16). The molecule has 1 rings (SSSR count). The van der Waals surface area contributed by atoms with Gasteiger partial charge < -0.3 is 0 Å². The van der Waals surface area contributed by atoms with Crippen LogP contribution in [0.15, 0.2) is 12.1 Å². The van der Waals surface area contributed by atoms with Crippen LogP contribution < -0.4 is 22.1 Å². The molecule has 0 spiro atoms. The van der Waals surface area contributed by atoms with Gasteiger partial charge in [0.1, 0.15) is 11.5 Å². The van der Waals surface area contributed by atoms with Gasteiger partial charge in [-0.15, -0.1) is 0 Å². The Morgan fingerprint density at radius 2 is 2.25 bits per heavy atom. The molecule has 0 radical (unpaired) electrons. The van der Waals surface area contributed by atoms with Crippen LogP contribution in [0, 0.1) is 12.7 Å². The van der Waals surface area contributed by atoms with Crippen molar-refractivity contribution in [3.05, 3.63) is 29.1 Å². The van der Waals surface area contributed by atoms with E-state index in [1.807, 2.05) is 5.43 Å². The van der Waals surface area contributed by atoms with Crippen LogP contribution in [0.4, 0.5) is 14.9 Å². The summed E-state index contributed by atoms with van der Waals surface area (Å²) in [7, 11) is 0. The smallest absolute Gasteiger partial charge is 0.274 e. The van der Waals surface area contributed by atoms with Gasteiger partial charge in [-0.3, -0.25) is 5.43 Å². The second-order valence-electron chi connectivity index (χ2n) is 3.14. The number of halogens is 2.